The summed E-state index contributed by atoms with van der Waals surface area (Å²) in [4.78, 5) is 21.8. The van der Waals surface area contributed by atoms with Gasteiger partial charge in [-0.25, -0.2) is 8.42 Å². The predicted octanol–water partition coefficient (Wildman–Crippen LogP) is -0.353. The molecule has 0 bridgehead atoms. The maximum atomic E-state index is 11.3. The molecule has 0 fully saturated rings. The Balaban J connectivity index is 4.49. The van der Waals surface area contributed by atoms with Gasteiger partial charge in [-0.2, -0.15) is 0 Å². The molecular formula is C9H17NO5S. The van der Waals surface area contributed by atoms with Crippen LogP contribution in [0.3, 0.4) is 0 Å². The molecule has 6 nitrogen and oxygen atoms in total. The van der Waals surface area contributed by atoms with Crippen molar-refractivity contribution in [1.29, 1.82) is 0 Å². The molecule has 0 saturated carbocycles. The molecule has 0 radical (unpaired) electrons. The van der Waals surface area contributed by atoms with Crippen LogP contribution in [0.4, 0.5) is 0 Å². The molecule has 0 saturated heterocycles. The van der Waals surface area contributed by atoms with Crippen molar-refractivity contribution in [3.63, 3.8) is 0 Å². The van der Waals surface area contributed by atoms with E-state index in [-0.39, 0.29) is 6.54 Å². The van der Waals surface area contributed by atoms with Crippen molar-refractivity contribution in [3.05, 3.63) is 0 Å². The maximum Gasteiger partial charge on any atom is 0.315 e. The van der Waals surface area contributed by atoms with Gasteiger partial charge < -0.3 is 10.4 Å². The molecular weight excluding hydrogens is 234 g/mol. The molecule has 0 aromatic rings. The van der Waals surface area contributed by atoms with Gasteiger partial charge in [0.2, 0.25) is 5.91 Å². The molecule has 0 aliphatic heterocycles. The highest BCUT2D eigenvalue weighted by Crippen LogP contribution is 2.13. The fraction of sp³-hybridized carbons (Fsp3) is 0.778. The van der Waals surface area contributed by atoms with E-state index >= 15 is 0 Å². The normalized spacial score (nSPS) is 14.2. The molecule has 0 aromatic heterocycles. The van der Waals surface area contributed by atoms with Gasteiger partial charge in [0.1, 0.15) is 5.92 Å². The number of hydrogen-bond donors (Lipinski definition) is 2. The molecule has 0 spiro atoms. The third kappa shape index (κ3) is 3.80. The van der Waals surface area contributed by atoms with Crippen LogP contribution in [0.2, 0.25) is 0 Å². The lowest BCUT2D eigenvalue weighted by Gasteiger charge is -2.23. The van der Waals surface area contributed by atoms with Crippen LogP contribution in [0.1, 0.15) is 20.8 Å². The van der Waals surface area contributed by atoms with Crippen molar-refractivity contribution in [1.82, 2.24) is 5.32 Å². The van der Waals surface area contributed by atoms with Crippen molar-refractivity contribution in [2.45, 2.75) is 25.5 Å². The monoisotopic (exact) mass is 251 g/mol. The molecule has 94 valence electrons. The number of nitrogens with one attached hydrogen (secondary N) is 1. The first-order valence-electron chi connectivity index (χ1n) is 4.69. The largest absolute Gasteiger partial charge is 0.481 e. The number of aliphatic carboxylic acids is 1. The highest BCUT2D eigenvalue weighted by Gasteiger charge is 2.31. The Hall–Kier alpha value is -1.11. The van der Waals surface area contributed by atoms with Gasteiger partial charge >= 0.3 is 5.97 Å². The van der Waals surface area contributed by atoms with Crippen LogP contribution in [-0.2, 0) is 19.4 Å². The quantitative estimate of drug-likeness (QED) is 0.650. The average Bonchev–Trinajstić information content (AvgIpc) is 2.11. The molecule has 0 heterocycles. The molecule has 2 N–H and O–H groups in total. The first-order valence-corrected chi connectivity index (χ1v) is 6.58. The summed E-state index contributed by atoms with van der Waals surface area (Å²) in [6.45, 7) is 4.06. The predicted molar refractivity (Wildman–Crippen MR) is 58.7 cm³/mol. The zero-order valence-electron chi connectivity index (χ0n) is 9.77. The van der Waals surface area contributed by atoms with E-state index in [4.69, 9.17) is 5.11 Å². The van der Waals surface area contributed by atoms with E-state index in [1.165, 1.54) is 20.8 Å². The molecule has 0 aliphatic rings. The zero-order valence-corrected chi connectivity index (χ0v) is 10.6. The summed E-state index contributed by atoms with van der Waals surface area (Å²) in [6.07, 6.45) is 1.07. The Kier molecular flexibility index (Phi) is 4.48. The lowest BCUT2D eigenvalue weighted by molar-refractivity contribution is -0.146. The molecule has 0 aliphatic carbocycles. The molecule has 1 unspecified atom stereocenters. The molecule has 7 heteroatoms. The Labute approximate surface area is 95.0 Å². The number of hydrogen-bond acceptors (Lipinski definition) is 4. The summed E-state index contributed by atoms with van der Waals surface area (Å²) in [5.41, 5.74) is 0. The maximum absolute atomic E-state index is 11.3. The van der Waals surface area contributed by atoms with Crippen LogP contribution < -0.4 is 5.32 Å². The number of carbonyl (C=O) groups is 2. The SMILES string of the molecule is CC(C(=O)O)C(=O)NCC(C)(C)S(C)(=O)=O. The second kappa shape index (κ2) is 4.82. The van der Waals surface area contributed by atoms with Gasteiger partial charge in [0, 0.05) is 12.8 Å². The highest BCUT2D eigenvalue weighted by molar-refractivity contribution is 7.92. The van der Waals surface area contributed by atoms with Crippen LogP contribution >= 0.6 is 0 Å². The van der Waals surface area contributed by atoms with Crippen LogP contribution in [0.15, 0.2) is 0 Å². The number of amides is 1. The van der Waals surface area contributed by atoms with Crippen molar-refractivity contribution in [2.24, 2.45) is 5.92 Å². The minimum absolute atomic E-state index is 0.109. The van der Waals surface area contributed by atoms with Gasteiger partial charge in [0.15, 0.2) is 9.84 Å². The van der Waals surface area contributed by atoms with Crippen molar-refractivity contribution >= 4 is 21.7 Å². The third-order valence-corrected chi connectivity index (χ3v) is 4.61. The highest BCUT2D eigenvalue weighted by atomic mass is 32.2. The number of sulfone groups is 1. The summed E-state index contributed by atoms with van der Waals surface area (Å²) in [7, 11) is -3.31. The van der Waals surface area contributed by atoms with Gasteiger partial charge in [-0.15, -0.1) is 0 Å². The van der Waals surface area contributed by atoms with E-state index in [1.54, 1.807) is 0 Å². The van der Waals surface area contributed by atoms with Crippen molar-refractivity contribution in [2.75, 3.05) is 12.8 Å². The lowest BCUT2D eigenvalue weighted by atomic mass is 10.1. The Morgan fingerprint density at radius 2 is 1.81 bits per heavy atom. The second-order valence-electron chi connectivity index (χ2n) is 4.31. The number of rotatable bonds is 5. The summed E-state index contributed by atoms with van der Waals surface area (Å²) in [5.74, 6) is -3.12. The van der Waals surface area contributed by atoms with Gasteiger partial charge in [-0.1, -0.05) is 0 Å². The summed E-state index contributed by atoms with van der Waals surface area (Å²) >= 11 is 0. The van der Waals surface area contributed by atoms with Crippen LogP contribution in [-0.4, -0.2) is 42.9 Å². The van der Waals surface area contributed by atoms with E-state index in [0.29, 0.717) is 0 Å². The fourth-order valence-electron chi connectivity index (χ4n) is 0.696. The summed E-state index contributed by atoms with van der Waals surface area (Å²) < 4.78 is 21.5. The van der Waals surface area contributed by atoms with E-state index < -0.39 is 32.4 Å². The van der Waals surface area contributed by atoms with Crippen LogP contribution in [0.25, 0.3) is 0 Å². The van der Waals surface area contributed by atoms with Gasteiger partial charge in [0.25, 0.3) is 0 Å². The first-order chi connectivity index (χ1) is 6.99. The minimum atomic E-state index is -3.31. The smallest absolute Gasteiger partial charge is 0.315 e. The average molecular weight is 251 g/mol. The van der Waals surface area contributed by atoms with Crippen molar-refractivity contribution < 1.29 is 23.1 Å². The van der Waals surface area contributed by atoms with Crippen LogP contribution in [0, 0.1) is 5.92 Å². The number of carboxylic acid groups (broad SMARTS) is 1. The molecule has 1 amide bonds. The Morgan fingerprint density at radius 3 is 2.12 bits per heavy atom. The van der Waals surface area contributed by atoms with Crippen LogP contribution in [0.5, 0.6) is 0 Å². The first kappa shape index (κ1) is 14.9. The second-order valence-corrected chi connectivity index (χ2v) is 6.96. The Bertz CT molecular complexity index is 385. The number of carbonyl (C=O) groups excluding carboxylic acids is 1. The third-order valence-electron chi connectivity index (χ3n) is 2.46. The summed E-state index contributed by atoms with van der Waals surface area (Å²) in [5, 5.41) is 10.9. The van der Waals surface area contributed by atoms with Gasteiger partial charge in [0.05, 0.1) is 4.75 Å². The molecule has 1 atom stereocenters. The standard InChI is InChI=1S/C9H17NO5S/c1-6(8(12)13)7(11)10-5-9(2,3)16(4,14)15/h6H,5H2,1-4H3,(H,10,11)(H,12,13). The Morgan fingerprint density at radius 1 is 1.38 bits per heavy atom. The topological polar surface area (TPSA) is 101 Å². The van der Waals surface area contributed by atoms with E-state index in [1.807, 2.05) is 0 Å². The van der Waals surface area contributed by atoms with E-state index in [2.05, 4.69) is 5.32 Å². The summed E-state index contributed by atoms with van der Waals surface area (Å²) in [6, 6.07) is 0. The zero-order chi connectivity index (χ0) is 13.1. The van der Waals surface area contributed by atoms with E-state index in [0.717, 1.165) is 6.26 Å². The molecule has 16 heavy (non-hydrogen) atoms. The fourth-order valence-corrected chi connectivity index (χ4v) is 1.03. The van der Waals surface area contributed by atoms with Gasteiger partial charge in [-0.3, -0.25) is 9.59 Å². The minimum Gasteiger partial charge on any atom is -0.481 e. The van der Waals surface area contributed by atoms with Gasteiger partial charge in [-0.05, 0) is 20.8 Å². The molecule has 0 rings (SSSR count). The number of carboxylic acids is 1. The van der Waals surface area contributed by atoms with E-state index in [9.17, 15) is 18.0 Å². The molecule has 0 aromatic carbocycles. The van der Waals surface area contributed by atoms with Crippen molar-refractivity contribution in [3.8, 4) is 0 Å². The lowest BCUT2D eigenvalue weighted by Crippen LogP contribution is -2.46.